The van der Waals surface area contributed by atoms with Gasteiger partial charge in [0.2, 0.25) is 0 Å². The second kappa shape index (κ2) is 6.01. The molecule has 1 rings (SSSR count). The van der Waals surface area contributed by atoms with Gasteiger partial charge in [-0.3, -0.25) is 0 Å². The summed E-state index contributed by atoms with van der Waals surface area (Å²) in [4.78, 5) is 0. The normalized spacial score (nSPS) is 12.9. The van der Waals surface area contributed by atoms with E-state index in [0.717, 1.165) is 11.8 Å². The first kappa shape index (κ1) is 14.7. The topological polar surface area (TPSA) is 35.8 Å². The molecule has 98 valence electrons. The largest absolute Gasteiger partial charge is 0.417 e. The highest BCUT2D eigenvalue weighted by atomic mass is 32.2. The molecule has 0 aliphatic carbocycles. The zero-order valence-corrected chi connectivity index (χ0v) is 10.8. The first-order valence-electron chi connectivity index (χ1n) is 5.25. The van der Waals surface area contributed by atoms with Crippen molar-refractivity contribution in [3.8, 4) is 6.07 Å². The molecule has 0 aromatic heterocycles. The standard InChI is InChI=1S/C12H13F3N2S/c1-8(7-18-2)17-10-4-3-9(6-16)11(5-10)12(13,14)15/h3-5,8,17H,7H2,1-2H3. The van der Waals surface area contributed by atoms with Crippen LogP contribution >= 0.6 is 11.8 Å². The summed E-state index contributed by atoms with van der Waals surface area (Å²) in [7, 11) is 0. The number of thioether (sulfide) groups is 1. The van der Waals surface area contributed by atoms with Crippen LogP contribution in [0.3, 0.4) is 0 Å². The molecule has 0 heterocycles. The first-order chi connectivity index (χ1) is 8.38. The molecule has 0 radical (unpaired) electrons. The molecular formula is C12H13F3N2S. The van der Waals surface area contributed by atoms with Crippen molar-refractivity contribution < 1.29 is 13.2 Å². The predicted molar refractivity (Wildman–Crippen MR) is 67.6 cm³/mol. The number of nitrogens with one attached hydrogen (secondary N) is 1. The Balaban J connectivity index is 3.01. The van der Waals surface area contributed by atoms with E-state index in [9.17, 15) is 13.2 Å². The third-order valence-electron chi connectivity index (χ3n) is 2.28. The highest BCUT2D eigenvalue weighted by molar-refractivity contribution is 7.98. The van der Waals surface area contributed by atoms with Gasteiger partial charge in [-0.2, -0.15) is 30.2 Å². The van der Waals surface area contributed by atoms with Crippen molar-refractivity contribution in [3.05, 3.63) is 29.3 Å². The predicted octanol–water partition coefficient (Wildman–Crippen LogP) is 3.74. The molecule has 0 bridgehead atoms. The summed E-state index contributed by atoms with van der Waals surface area (Å²) in [5.74, 6) is 0.793. The molecule has 2 nitrogen and oxygen atoms in total. The van der Waals surface area contributed by atoms with Gasteiger partial charge in [0.15, 0.2) is 0 Å². The van der Waals surface area contributed by atoms with E-state index in [1.165, 1.54) is 12.1 Å². The smallest absolute Gasteiger partial charge is 0.382 e. The maximum Gasteiger partial charge on any atom is 0.417 e. The van der Waals surface area contributed by atoms with Crippen LogP contribution < -0.4 is 5.32 Å². The number of anilines is 1. The summed E-state index contributed by atoms with van der Waals surface area (Å²) in [6, 6.07) is 5.28. The van der Waals surface area contributed by atoms with Crippen molar-refractivity contribution in [2.45, 2.75) is 19.1 Å². The Morgan fingerprint density at radius 1 is 1.44 bits per heavy atom. The number of hydrogen-bond donors (Lipinski definition) is 1. The molecule has 0 fully saturated rings. The van der Waals surface area contributed by atoms with Crippen molar-refractivity contribution in [1.29, 1.82) is 5.26 Å². The second-order valence-corrected chi connectivity index (χ2v) is 4.78. The zero-order valence-electron chi connectivity index (χ0n) is 10.0. The van der Waals surface area contributed by atoms with Crippen LogP contribution in [0.5, 0.6) is 0 Å². The zero-order chi connectivity index (χ0) is 13.8. The number of alkyl halides is 3. The third-order valence-corrected chi connectivity index (χ3v) is 3.11. The monoisotopic (exact) mass is 274 g/mol. The lowest BCUT2D eigenvalue weighted by molar-refractivity contribution is -0.137. The number of halogens is 3. The molecule has 1 aromatic carbocycles. The van der Waals surface area contributed by atoms with E-state index >= 15 is 0 Å². The lowest BCUT2D eigenvalue weighted by Crippen LogP contribution is -2.18. The van der Waals surface area contributed by atoms with E-state index < -0.39 is 11.7 Å². The lowest BCUT2D eigenvalue weighted by atomic mass is 10.1. The van der Waals surface area contributed by atoms with E-state index in [2.05, 4.69) is 5.32 Å². The van der Waals surface area contributed by atoms with E-state index in [1.807, 2.05) is 13.2 Å². The molecule has 0 aliphatic rings. The van der Waals surface area contributed by atoms with Crippen LogP contribution in [0.15, 0.2) is 18.2 Å². The van der Waals surface area contributed by atoms with Gasteiger partial charge in [-0.05, 0) is 31.4 Å². The number of hydrogen-bond acceptors (Lipinski definition) is 3. The minimum absolute atomic E-state index is 0.0639. The molecule has 0 saturated heterocycles. The summed E-state index contributed by atoms with van der Waals surface area (Å²) in [6.07, 6.45) is -2.58. The van der Waals surface area contributed by atoms with Gasteiger partial charge in [-0.25, -0.2) is 0 Å². The fourth-order valence-electron chi connectivity index (χ4n) is 1.54. The van der Waals surface area contributed by atoms with Gasteiger partial charge in [-0.1, -0.05) is 0 Å². The van der Waals surface area contributed by atoms with Crippen molar-refractivity contribution in [1.82, 2.24) is 0 Å². The molecule has 1 atom stereocenters. The number of benzene rings is 1. The van der Waals surface area contributed by atoms with E-state index in [4.69, 9.17) is 5.26 Å². The highest BCUT2D eigenvalue weighted by Crippen LogP contribution is 2.33. The van der Waals surface area contributed by atoms with Crippen LogP contribution in [0.4, 0.5) is 18.9 Å². The summed E-state index contributed by atoms with van der Waals surface area (Å²) in [5.41, 5.74) is -0.875. The summed E-state index contributed by atoms with van der Waals surface area (Å²) < 4.78 is 38.2. The van der Waals surface area contributed by atoms with Crippen LogP contribution in [0.2, 0.25) is 0 Å². The molecule has 1 N–H and O–H groups in total. The molecular weight excluding hydrogens is 261 g/mol. The van der Waals surface area contributed by atoms with Gasteiger partial charge in [0.25, 0.3) is 0 Å². The van der Waals surface area contributed by atoms with Crippen LogP contribution in [0, 0.1) is 11.3 Å². The van der Waals surface area contributed by atoms with Gasteiger partial charge in [0.1, 0.15) is 0 Å². The van der Waals surface area contributed by atoms with Gasteiger partial charge < -0.3 is 5.32 Å². The summed E-state index contributed by atoms with van der Waals surface area (Å²) >= 11 is 1.61. The Labute approximate surface area is 108 Å². The van der Waals surface area contributed by atoms with Crippen molar-refractivity contribution in [2.75, 3.05) is 17.3 Å². The summed E-state index contributed by atoms with van der Waals surface area (Å²) in [6.45, 7) is 1.89. The Kier molecular flexibility index (Phi) is 4.91. The van der Waals surface area contributed by atoms with E-state index in [-0.39, 0.29) is 11.6 Å². The molecule has 1 aromatic rings. The van der Waals surface area contributed by atoms with Crippen LogP contribution in [-0.2, 0) is 6.18 Å². The van der Waals surface area contributed by atoms with Gasteiger partial charge in [-0.15, -0.1) is 0 Å². The SMILES string of the molecule is CSCC(C)Nc1ccc(C#N)c(C(F)(F)F)c1. The third kappa shape index (κ3) is 3.84. The van der Waals surface area contributed by atoms with Gasteiger partial charge in [0.05, 0.1) is 17.2 Å². The number of rotatable bonds is 4. The van der Waals surface area contributed by atoms with Gasteiger partial charge >= 0.3 is 6.18 Å². The highest BCUT2D eigenvalue weighted by Gasteiger charge is 2.33. The summed E-state index contributed by atoms with van der Waals surface area (Å²) in [5, 5.41) is 11.6. The first-order valence-corrected chi connectivity index (χ1v) is 6.64. The quantitative estimate of drug-likeness (QED) is 0.908. The van der Waals surface area contributed by atoms with Crippen molar-refractivity contribution in [3.63, 3.8) is 0 Å². The maximum absolute atomic E-state index is 12.7. The van der Waals surface area contributed by atoms with Gasteiger partial charge in [0, 0.05) is 17.5 Å². The van der Waals surface area contributed by atoms with Crippen molar-refractivity contribution in [2.24, 2.45) is 0 Å². The molecule has 0 saturated carbocycles. The molecule has 6 heteroatoms. The van der Waals surface area contributed by atoms with Crippen LogP contribution in [0.1, 0.15) is 18.1 Å². The average Bonchev–Trinajstić information content (AvgIpc) is 2.28. The van der Waals surface area contributed by atoms with E-state index in [1.54, 1.807) is 17.8 Å². The minimum Gasteiger partial charge on any atom is -0.382 e. The fourth-order valence-corrected chi connectivity index (χ4v) is 2.13. The maximum atomic E-state index is 12.7. The lowest BCUT2D eigenvalue weighted by Gasteiger charge is -2.16. The van der Waals surface area contributed by atoms with Crippen LogP contribution in [-0.4, -0.2) is 18.1 Å². The number of nitrogens with zero attached hydrogens (tertiary/aromatic N) is 1. The Hall–Kier alpha value is -1.35. The molecule has 0 amide bonds. The molecule has 0 spiro atoms. The van der Waals surface area contributed by atoms with E-state index in [0.29, 0.717) is 5.69 Å². The van der Waals surface area contributed by atoms with Crippen molar-refractivity contribution >= 4 is 17.4 Å². The fraction of sp³-hybridized carbons (Fsp3) is 0.417. The Morgan fingerprint density at radius 3 is 2.61 bits per heavy atom. The minimum atomic E-state index is -4.51. The molecule has 0 aliphatic heterocycles. The van der Waals surface area contributed by atoms with Crippen LogP contribution in [0.25, 0.3) is 0 Å². The number of nitriles is 1. The molecule has 1 unspecified atom stereocenters. The average molecular weight is 274 g/mol. The Morgan fingerprint density at radius 2 is 2.11 bits per heavy atom. The Bertz CT molecular complexity index is 452. The second-order valence-electron chi connectivity index (χ2n) is 3.87. The molecule has 18 heavy (non-hydrogen) atoms.